The molecule has 0 spiro atoms. The van der Waals surface area contributed by atoms with Crippen LogP contribution in [0.15, 0.2) is 71.4 Å². The van der Waals surface area contributed by atoms with Crippen molar-refractivity contribution >= 4 is 22.9 Å². The van der Waals surface area contributed by atoms with Gasteiger partial charge in [-0.1, -0.05) is 47.6 Å². The molecule has 0 saturated heterocycles. The minimum atomic E-state index is -0.313. The molecule has 0 bridgehead atoms. The van der Waals surface area contributed by atoms with Crippen LogP contribution in [-0.4, -0.2) is 40.9 Å². The Morgan fingerprint density at radius 1 is 1.16 bits per heavy atom. The number of hydrogen-bond donors (Lipinski definition) is 1. The summed E-state index contributed by atoms with van der Waals surface area (Å²) in [5.41, 5.74) is 3.56. The van der Waals surface area contributed by atoms with Crippen molar-refractivity contribution in [2.24, 2.45) is 0 Å². The van der Waals surface area contributed by atoms with Gasteiger partial charge >= 0.3 is 0 Å². The molecule has 2 heterocycles. The molecule has 1 aromatic heterocycles. The molecule has 3 aromatic rings. The average Bonchev–Trinajstić information content (AvgIpc) is 3.31. The Bertz CT molecular complexity index is 1170. The van der Waals surface area contributed by atoms with Crippen molar-refractivity contribution in [1.29, 1.82) is 0 Å². The number of nitrogens with one attached hydrogen (secondary N) is 1. The molecule has 8 heteroatoms. The Morgan fingerprint density at radius 2 is 1.91 bits per heavy atom. The van der Waals surface area contributed by atoms with Gasteiger partial charge < -0.3 is 24.2 Å². The summed E-state index contributed by atoms with van der Waals surface area (Å²) in [6.07, 6.45) is 1.80. The Balaban J connectivity index is 1.83. The fourth-order valence-corrected chi connectivity index (χ4v) is 4.06. The number of aromatic nitrogens is 2. The molecule has 7 nitrogen and oxygen atoms in total. The molecule has 0 fully saturated rings. The predicted molar refractivity (Wildman–Crippen MR) is 127 cm³/mol. The molecule has 1 aliphatic rings. The summed E-state index contributed by atoms with van der Waals surface area (Å²) in [5.74, 6) is 2.22. The van der Waals surface area contributed by atoms with Crippen LogP contribution in [0.4, 0.5) is 0 Å². The van der Waals surface area contributed by atoms with Crippen molar-refractivity contribution in [3.8, 4) is 22.9 Å². The maximum absolute atomic E-state index is 5.73. The number of ether oxygens (including phenoxy) is 2. The van der Waals surface area contributed by atoms with Gasteiger partial charge in [-0.3, -0.25) is 0 Å². The molecule has 1 unspecified atom stereocenters. The fraction of sp³-hybridized carbons (Fsp3) is 0.208. The van der Waals surface area contributed by atoms with Crippen LogP contribution in [0.5, 0.6) is 11.5 Å². The van der Waals surface area contributed by atoms with Gasteiger partial charge in [0.1, 0.15) is 0 Å². The largest absolute Gasteiger partial charge is 0.493 e. The summed E-state index contributed by atoms with van der Waals surface area (Å²) >= 11 is 5.65. The molecule has 164 valence electrons. The zero-order chi connectivity index (χ0) is 22.7. The molecule has 0 saturated carbocycles. The molecule has 0 radical (unpaired) electrons. The lowest BCUT2D eigenvalue weighted by atomic mass is 9.94. The zero-order valence-corrected chi connectivity index (χ0v) is 19.0. The summed E-state index contributed by atoms with van der Waals surface area (Å²) in [5, 5.41) is 8.21. The second-order valence-electron chi connectivity index (χ2n) is 7.18. The molecule has 1 atom stereocenters. The highest BCUT2D eigenvalue weighted by Crippen LogP contribution is 2.40. The van der Waals surface area contributed by atoms with E-state index in [0.29, 0.717) is 34.9 Å². The molecular weight excluding hydrogens is 424 g/mol. The normalized spacial score (nSPS) is 16.0. The number of rotatable bonds is 7. The number of hydrogen-bond acceptors (Lipinski definition) is 6. The average molecular weight is 449 g/mol. The van der Waals surface area contributed by atoms with Crippen molar-refractivity contribution < 1.29 is 14.0 Å². The first-order valence-corrected chi connectivity index (χ1v) is 10.5. The first-order valence-electron chi connectivity index (χ1n) is 10.1. The number of nitrogens with zero attached hydrogens (tertiary/aromatic N) is 3. The first-order chi connectivity index (χ1) is 15.6. The second-order valence-corrected chi connectivity index (χ2v) is 7.57. The van der Waals surface area contributed by atoms with Crippen LogP contribution in [0.1, 0.15) is 24.4 Å². The molecule has 1 aliphatic heterocycles. The third-order valence-corrected chi connectivity index (χ3v) is 5.68. The van der Waals surface area contributed by atoms with E-state index in [1.54, 1.807) is 20.3 Å². The van der Waals surface area contributed by atoms with E-state index in [0.717, 1.165) is 22.4 Å². The van der Waals surface area contributed by atoms with Crippen LogP contribution >= 0.6 is 12.2 Å². The minimum Gasteiger partial charge on any atom is -0.493 e. The summed E-state index contributed by atoms with van der Waals surface area (Å²) < 4.78 is 16.6. The zero-order valence-electron chi connectivity index (χ0n) is 18.2. The van der Waals surface area contributed by atoms with E-state index in [2.05, 4.69) is 17.1 Å². The van der Waals surface area contributed by atoms with E-state index < -0.39 is 0 Å². The topological polar surface area (TPSA) is 72.7 Å². The van der Waals surface area contributed by atoms with Crippen LogP contribution in [0.3, 0.4) is 0 Å². The Kier molecular flexibility index (Phi) is 6.23. The maximum Gasteiger partial charge on any atom is 0.258 e. The highest BCUT2D eigenvalue weighted by atomic mass is 32.1. The van der Waals surface area contributed by atoms with Gasteiger partial charge in [0.2, 0.25) is 5.82 Å². The lowest BCUT2D eigenvalue weighted by Crippen LogP contribution is -2.45. The SMILES string of the molecule is C=CCN1C(=S)NC(c2ccc(OC)c(OC)c2)C(c2nc(-c3ccccc3)no2)=C1C. The van der Waals surface area contributed by atoms with Crippen LogP contribution < -0.4 is 14.8 Å². The second kappa shape index (κ2) is 9.23. The Morgan fingerprint density at radius 3 is 2.59 bits per heavy atom. The highest BCUT2D eigenvalue weighted by Gasteiger charge is 2.34. The van der Waals surface area contributed by atoms with Crippen molar-refractivity contribution in [3.05, 3.63) is 78.3 Å². The first kappa shape index (κ1) is 21.6. The summed E-state index contributed by atoms with van der Waals surface area (Å²) in [6, 6.07) is 15.2. The molecule has 2 aromatic carbocycles. The maximum atomic E-state index is 5.73. The summed E-state index contributed by atoms with van der Waals surface area (Å²) in [7, 11) is 3.22. The predicted octanol–water partition coefficient (Wildman–Crippen LogP) is 4.60. The van der Waals surface area contributed by atoms with Gasteiger partial charge in [0.25, 0.3) is 5.89 Å². The molecular formula is C24H24N4O3S. The van der Waals surface area contributed by atoms with Gasteiger partial charge in [-0.25, -0.2) is 0 Å². The van der Waals surface area contributed by atoms with Gasteiger partial charge in [-0.2, -0.15) is 4.98 Å². The molecule has 1 N–H and O–H groups in total. The summed E-state index contributed by atoms with van der Waals surface area (Å²) in [4.78, 5) is 6.66. The monoisotopic (exact) mass is 448 g/mol. The van der Waals surface area contributed by atoms with Crippen molar-refractivity contribution in [3.63, 3.8) is 0 Å². The number of methoxy groups -OCH3 is 2. The van der Waals surface area contributed by atoms with Gasteiger partial charge in [0.15, 0.2) is 16.6 Å². The van der Waals surface area contributed by atoms with Crippen LogP contribution in [0.25, 0.3) is 17.0 Å². The standard InChI is InChI=1S/C24H24N4O3S/c1-5-13-28-15(2)20(23-26-22(27-31-23)16-9-7-6-8-10-16)21(25-24(28)32)17-11-12-18(29-3)19(14-17)30-4/h5-12,14,21H,1,13H2,2-4H3,(H,25,32). The Hall–Kier alpha value is -3.65. The smallest absolute Gasteiger partial charge is 0.258 e. The van der Waals surface area contributed by atoms with E-state index in [1.165, 1.54) is 0 Å². The Labute approximate surface area is 192 Å². The van der Waals surface area contributed by atoms with Gasteiger partial charge in [0.05, 0.1) is 25.8 Å². The number of thiocarbonyl (C=S) groups is 1. The highest BCUT2D eigenvalue weighted by molar-refractivity contribution is 7.80. The van der Waals surface area contributed by atoms with Gasteiger partial charge in [-0.05, 0) is 36.8 Å². The van der Waals surface area contributed by atoms with Gasteiger partial charge in [-0.15, -0.1) is 6.58 Å². The third-order valence-electron chi connectivity index (χ3n) is 5.34. The quantitative estimate of drug-likeness (QED) is 0.415. The van der Waals surface area contributed by atoms with E-state index in [-0.39, 0.29) is 6.04 Å². The number of allylic oxidation sites excluding steroid dienone is 1. The van der Waals surface area contributed by atoms with Crippen molar-refractivity contribution in [2.75, 3.05) is 20.8 Å². The van der Waals surface area contributed by atoms with Crippen LogP contribution in [-0.2, 0) is 0 Å². The molecule has 0 aliphatic carbocycles. The van der Waals surface area contributed by atoms with Crippen LogP contribution in [0, 0.1) is 0 Å². The number of benzene rings is 2. The van der Waals surface area contributed by atoms with E-state index in [9.17, 15) is 0 Å². The lowest BCUT2D eigenvalue weighted by Gasteiger charge is -2.37. The third kappa shape index (κ3) is 3.97. The van der Waals surface area contributed by atoms with Crippen molar-refractivity contribution in [1.82, 2.24) is 20.4 Å². The van der Waals surface area contributed by atoms with E-state index in [4.69, 9.17) is 31.2 Å². The summed E-state index contributed by atoms with van der Waals surface area (Å²) in [6.45, 7) is 6.40. The molecule has 0 amide bonds. The van der Waals surface area contributed by atoms with E-state index >= 15 is 0 Å². The molecule has 32 heavy (non-hydrogen) atoms. The minimum absolute atomic E-state index is 0.313. The fourth-order valence-electron chi connectivity index (χ4n) is 3.73. The van der Waals surface area contributed by atoms with Crippen LogP contribution in [0.2, 0.25) is 0 Å². The molecule has 4 rings (SSSR count). The lowest BCUT2D eigenvalue weighted by molar-refractivity contribution is 0.354. The van der Waals surface area contributed by atoms with E-state index in [1.807, 2.05) is 60.4 Å². The van der Waals surface area contributed by atoms with Gasteiger partial charge in [0, 0.05) is 17.8 Å². The van der Waals surface area contributed by atoms with Crippen molar-refractivity contribution in [2.45, 2.75) is 13.0 Å².